The van der Waals surface area contributed by atoms with Crippen LogP contribution in [0.25, 0.3) is 0 Å². The van der Waals surface area contributed by atoms with Gasteiger partial charge in [-0.05, 0) is 37.7 Å². The number of aryl methyl sites for hydroxylation is 1. The Hall–Kier alpha value is -0.630. The molecule has 0 saturated carbocycles. The number of nitrogens with zero attached hydrogens (tertiary/aromatic N) is 2. The molecule has 1 aliphatic carbocycles. The van der Waals surface area contributed by atoms with Crippen LogP contribution in [-0.2, 0) is 19.3 Å². The van der Waals surface area contributed by atoms with E-state index in [4.69, 9.17) is 11.6 Å². The lowest BCUT2D eigenvalue weighted by Gasteiger charge is -2.18. The van der Waals surface area contributed by atoms with Gasteiger partial charge in [0.05, 0.1) is 0 Å². The highest BCUT2D eigenvalue weighted by Crippen LogP contribution is 2.23. The predicted octanol–water partition coefficient (Wildman–Crippen LogP) is 2.92. The zero-order valence-electron chi connectivity index (χ0n) is 9.17. The van der Waals surface area contributed by atoms with Crippen molar-refractivity contribution in [2.24, 2.45) is 0 Å². The lowest BCUT2D eigenvalue weighted by atomic mass is 9.93. The number of alkyl halides is 1. The fraction of sp³-hybridized carbons (Fsp3) is 0.667. The molecule has 1 unspecified atom stereocenters. The van der Waals surface area contributed by atoms with Crippen LogP contribution >= 0.6 is 11.6 Å². The SMILES string of the molecule is CCC(Cl)Cc1ncnc2c1CCCC2. The Morgan fingerprint density at radius 3 is 2.93 bits per heavy atom. The fourth-order valence-corrected chi connectivity index (χ4v) is 2.27. The van der Waals surface area contributed by atoms with Gasteiger partial charge in [0.1, 0.15) is 6.33 Å². The van der Waals surface area contributed by atoms with Crippen LogP contribution in [0.2, 0.25) is 0 Å². The molecule has 0 saturated heterocycles. The molecule has 0 spiro atoms. The molecular formula is C12H17ClN2. The first-order chi connectivity index (χ1) is 7.31. The van der Waals surface area contributed by atoms with E-state index < -0.39 is 0 Å². The zero-order valence-corrected chi connectivity index (χ0v) is 9.93. The van der Waals surface area contributed by atoms with Gasteiger partial charge in [-0.1, -0.05) is 6.92 Å². The number of hydrogen-bond acceptors (Lipinski definition) is 2. The summed E-state index contributed by atoms with van der Waals surface area (Å²) in [7, 11) is 0. The number of hydrogen-bond donors (Lipinski definition) is 0. The predicted molar refractivity (Wildman–Crippen MR) is 62.3 cm³/mol. The second kappa shape index (κ2) is 4.93. The van der Waals surface area contributed by atoms with Crippen molar-refractivity contribution in [3.8, 4) is 0 Å². The van der Waals surface area contributed by atoms with E-state index in [1.54, 1.807) is 6.33 Å². The van der Waals surface area contributed by atoms with Crippen LogP contribution < -0.4 is 0 Å². The minimum absolute atomic E-state index is 0.214. The lowest BCUT2D eigenvalue weighted by Crippen LogP contribution is -2.13. The second-order valence-electron chi connectivity index (χ2n) is 4.16. The van der Waals surface area contributed by atoms with Crippen LogP contribution in [0.4, 0.5) is 0 Å². The molecule has 82 valence electrons. The molecule has 0 aromatic carbocycles. The number of rotatable bonds is 3. The summed E-state index contributed by atoms with van der Waals surface area (Å²) in [6.07, 6.45) is 8.37. The molecule has 2 rings (SSSR count). The molecule has 15 heavy (non-hydrogen) atoms. The fourth-order valence-electron chi connectivity index (χ4n) is 2.12. The summed E-state index contributed by atoms with van der Waals surface area (Å²) in [4.78, 5) is 8.74. The molecule has 1 aromatic rings. The van der Waals surface area contributed by atoms with E-state index in [-0.39, 0.29) is 5.38 Å². The Morgan fingerprint density at radius 1 is 1.33 bits per heavy atom. The average molecular weight is 225 g/mol. The molecule has 0 amide bonds. The average Bonchev–Trinajstić information content (AvgIpc) is 2.29. The Bertz CT molecular complexity index is 338. The third-order valence-corrected chi connectivity index (χ3v) is 3.53. The molecule has 1 aliphatic rings. The van der Waals surface area contributed by atoms with Crippen molar-refractivity contribution in [2.45, 2.75) is 50.8 Å². The summed E-state index contributed by atoms with van der Waals surface area (Å²) in [5, 5.41) is 0.214. The monoisotopic (exact) mass is 224 g/mol. The molecule has 1 atom stereocenters. The van der Waals surface area contributed by atoms with Gasteiger partial charge in [-0.3, -0.25) is 0 Å². The van der Waals surface area contributed by atoms with E-state index in [0.717, 1.165) is 25.7 Å². The van der Waals surface area contributed by atoms with Crippen LogP contribution in [0, 0.1) is 0 Å². The van der Waals surface area contributed by atoms with Gasteiger partial charge in [0.25, 0.3) is 0 Å². The Labute approximate surface area is 96.1 Å². The van der Waals surface area contributed by atoms with Gasteiger partial charge in [-0.2, -0.15) is 0 Å². The molecule has 0 radical (unpaired) electrons. The lowest BCUT2D eigenvalue weighted by molar-refractivity contribution is 0.644. The maximum absolute atomic E-state index is 6.18. The van der Waals surface area contributed by atoms with Crippen molar-refractivity contribution < 1.29 is 0 Å². The van der Waals surface area contributed by atoms with Gasteiger partial charge < -0.3 is 0 Å². The second-order valence-corrected chi connectivity index (χ2v) is 4.78. The van der Waals surface area contributed by atoms with E-state index in [1.807, 2.05) is 0 Å². The van der Waals surface area contributed by atoms with Crippen LogP contribution in [0.3, 0.4) is 0 Å². The normalized spacial score (nSPS) is 17.2. The molecule has 0 bridgehead atoms. The van der Waals surface area contributed by atoms with Gasteiger partial charge in [0.15, 0.2) is 0 Å². The van der Waals surface area contributed by atoms with E-state index in [0.29, 0.717) is 0 Å². The quantitative estimate of drug-likeness (QED) is 0.738. The van der Waals surface area contributed by atoms with Crippen molar-refractivity contribution >= 4 is 11.6 Å². The zero-order chi connectivity index (χ0) is 10.7. The van der Waals surface area contributed by atoms with Gasteiger partial charge in [0, 0.05) is 23.2 Å². The van der Waals surface area contributed by atoms with Crippen molar-refractivity contribution in [2.75, 3.05) is 0 Å². The van der Waals surface area contributed by atoms with Gasteiger partial charge in [-0.15, -0.1) is 11.6 Å². The van der Waals surface area contributed by atoms with Crippen molar-refractivity contribution in [3.63, 3.8) is 0 Å². The first kappa shape index (κ1) is 10.9. The van der Waals surface area contributed by atoms with E-state index in [9.17, 15) is 0 Å². The molecule has 1 aromatic heterocycles. The standard InChI is InChI=1S/C12H17ClN2/c1-2-9(13)7-12-10-5-3-4-6-11(10)14-8-15-12/h8-9H,2-7H2,1H3. The van der Waals surface area contributed by atoms with Crippen LogP contribution in [0.1, 0.15) is 43.1 Å². The minimum Gasteiger partial charge on any atom is -0.241 e. The molecule has 1 heterocycles. The topological polar surface area (TPSA) is 25.8 Å². The summed E-state index contributed by atoms with van der Waals surface area (Å²) >= 11 is 6.18. The van der Waals surface area contributed by atoms with Gasteiger partial charge >= 0.3 is 0 Å². The van der Waals surface area contributed by atoms with Gasteiger partial charge in [0.2, 0.25) is 0 Å². The summed E-state index contributed by atoms with van der Waals surface area (Å²) < 4.78 is 0. The van der Waals surface area contributed by atoms with Crippen LogP contribution in [0.15, 0.2) is 6.33 Å². The Balaban J connectivity index is 2.23. The highest BCUT2D eigenvalue weighted by molar-refractivity contribution is 6.20. The van der Waals surface area contributed by atoms with E-state index in [1.165, 1.54) is 29.8 Å². The van der Waals surface area contributed by atoms with E-state index in [2.05, 4.69) is 16.9 Å². The molecular weight excluding hydrogens is 208 g/mol. The highest BCUT2D eigenvalue weighted by Gasteiger charge is 2.16. The Morgan fingerprint density at radius 2 is 2.13 bits per heavy atom. The number of fused-ring (bicyclic) bond motifs is 1. The first-order valence-electron chi connectivity index (χ1n) is 5.77. The Kier molecular flexibility index (Phi) is 3.57. The largest absolute Gasteiger partial charge is 0.241 e. The maximum Gasteiger partial charge on any atom is 0.115 e. The van der Waals surface area contributed by atoms with Crippen molar-refractivity contribution in [3.05, 3.63) is 23.3 Å². The van der Waals surface area contributed by atoms with Crippen molar-refractivity contribution in [1.29, 1.82) is 0 Å². The van der Waals surface area contributed by atoms with Crippen molar-refractivity contribution in [1.82, 2.24) is 9.97 Å². The molecule has 2 nitrogen and oxygen atoms in total. The molecule has 3 heteroatoms. The molecule has 0 aliphatic heterocycles. The highest BCUT2D eigenvalue weighted by atomic mass is 35.5. The number of aromatic nitrogens is 2. The van der Waals surface area contributed by atoms with Crippen LogP contribution in [-0.4, -0.2) is 15.3 Å². The third kappa shape index (κ3) is 2.49. The van der Waals surface area contributed by atoms with Gasteiger partial charge in [-0.25, -0.2) is 9.97 Å². The summed E-state index contributed by atoms with van der Waals surface area (Å²) in [5.74, 6) is 0. The molecule has 0 fully saturated rings. The van der Waals surface area contributed by atoms with E-state index >= 15 is 0 Å². The summed E-state index contributed by atoms with van der Waals surface area (Å²) in [6.45, 7) is 2.12. The smallest absolute Gasteiger partial charge is 0.115 e. The number of halogens is 1. The van der Waals surface area contributed by atoms with Crippen LogP contribution in [0.5, 0.6) is 0 Å². The minimum atomic E-state index is 0.214. The molecule has 0 N–H and O–H groups in total. The maximum atomic E-state index is 6.18. The first-order valence-corrected chi connectivity index (χ1v) is 6.20. The third-order valence-electron chi connectivity index (χ3n) is 3.07. The summed E-state index contributed by atoms with van der Waals surface area (Å²) in [6, 6.07) is 0. The summed E-state index contributed by atoms with van der Waals surface area (Å²) in [5.41, 5.74) is 3.82.